The number of benzene rings is 2. The van der Waals surface area contributed by atoms with Crippen LogP contribution in [0.1, 0.15) is 22.3 Å². The molecule has 130 valence electrons. The van der Waals surface area contributed by atoms with Crippen molar-refractivity contribution < 1.29 is 19.4 Å². The van der Waals surface area contributed by atoms with E-state index in [0.717, 1.165) is 0 Å². The lowest BCUT2D eigenvalue weighted by atomic mass is 10.0. The standard InChI is InChI=1S/C18H19N3O4/c1-21(2)20-19-14-9-7-13(8-10-14)18(24)15-5-3-4-6-16(15)25-12-11-17(22)23/h3-10H,11-12H2,1-2H3,(H,22,23). The summed E-state index contributed by atoms with van der Waals surface area (Å²) in [7, 11) is 3.53. The topological polar surface area (TPSA) is 91.6 Å². The minimum atomic E-state index is -0.953. The molecule has 0 aliphatic heterocycles. The Morgan fingerprint density at radius 3 is 2.40 bits per heavy atom. The van der Waals surface area contributed by atoms with Crippen LogP contribution >= 0.6 is 0 Å². The third-order valence-electron chi connectivity index (χ3n) is 3.17. The zero-order valence-electron chi connectivity index (χ0n) is 14.0. The van der Waals surface area contributed by atoms with Gasteiger partial charge in [-0.3, -0.25) is 14.6 Å². The van der Waals surface area contributed by atoms with Crippen molar-refractivity contribution in [3.63, 3.8) is 0 Å². The minimum Gasteiger partial charge on any atom is -0.492 e. The molecule has 0 aliphatic rings. The van der Waals surface area contributed by atoms with Crippen LogP contribution in [0.25, 0.3) is 0 Å². The van der Waals surface area contributed by atoms with Crippen LogP contribution in [0.3, 0.4) is 0 Å². The van der Waals surface area contributed by atoms with Gasteiger partial charge in [0.05, 0.1) is 24.3 Å². The van der Waals surface area contributed by atoms with Gasteiger partial charge in [-0.2, -0.15) is 0 Å². The van der Waals surface area contributed by atoms with Gasteiger partial charge in [-0.25, -0.2) is 0 Å². The first kappa shape index (κ1) is 18.1. The molecule has 0 saturated carbocycles. The smallest absolute Gasteiger partial charge is 0.306 e. The van der Waals surface area contributed by atoms with Crippen LogP contribution in [0.5, 0.6) is 5.75 Å². The SMILES string of the molecule is CN(C)N=Nc1ccc(C(=O)c2ccccc2OCCC(=O)O)cc1. The molecule has 0 aliphatic carbocycles. The molecular weight excluding hydrogens is 322 g/mol. The number of para-hydroxylation sites is 1. The molecule has 0 atom stereocenters. The first-order chi connectivity index (χ1) is 12.0. The van der Waals surface area contributed by atoms with Gasteiger partial charge in [0, 0.05) is 19.7 Å². The van der Waals surface area contributed by atoms with Gasteiger partial charge in [0.15, 0.2) is 5.78 Å². The maximum atomic E-state index is 12.7. The van der Waals surface area contributed by atoms with Gasteiger partial charge < -0.3 is 9.84 Å². The first-order valence-corrected chi connectivity index (χ1v) is 7.64. The zero-order valence-corrected chi connectivity index (χ0v) is 14.0. The summed E-state index contributed by atoms with van der Waals surface area (Å²) in [5, 5.41) is 18.2. The molecule has 25 heavy (non-hydrogen) atoms. The Kier molecular flexibility index (Phi) is 6.22. The van der Waals surface area contributed by atoms with Gasteiger partial charge in [-0.05, 0) is 36.4 Å². The second-order valence-corrected chi connectivity index (χ2v) is 5.40. The van der Waals surface area contributed by atoms with Crippen LogP contribution in [0, 0.1) is 0 Å². The minimum absolute atomic E-state index is 0.00346. The van der Waals surface area contributed by atoms with Crippen LogP contribution in [0.2, 0.25) is 0 Å². The third-order valence-corrected chi connectivity index (χ3v) is 3.17. The Bertz CT molecular complexity index is 770. The van der Waals surface area contributed by atoms with Crippen molar-refractivity contribution in [2.45, 2.75) is 6.42 Å². The Labute approximate surface area is 145 Å². The van der Waals surface area contributed by atoms with Gasteiger partial charge in [-0.15, -0.1) is 5.11 Å². The van der Waals surface area contributed by atoms with Crippen molar-refractivity contribution in [2.24, 2.45) is 10.3 Å². The quantitative estimate of drug-likeness (QED) is 0.452. The number of ketones is 1. The molecule has 0 spiro atoms. The summed E-state index contributed by atoms with van der Waals surface area (Å²) in [6.45, 7) is 0.00346. The normalized spacial score (nSPS) is 10.6. The van der Waals surface area contributed by atoms with E-state index in [0.29, 0.717) is 22.6 Å². The van der Waals surface area contributed by atoms with Gasteiger partial charge in [0.2, 0.25) is 0 Å². The zero-order chi connectivity index (χ0) is 18.2. The average molecular weight is 341 g/mol. The lowest BCUT2D eigenvalue weighted by Gasteiger charge is -2.10. The molecule has 0 heterocycles. The fraction of sp³-hybridized carbons (Fsp3) is 0.222. The van der Waals surface area contributed by atoms with Crippen molar-refractivity contribution in [2.75, 3.05) is 20.7 Å². The van der Waals surface area contributed by atoms with E-state index < -0.39 is 5.97 Å². The molecule has 0 aromatic heterocycles. The summed E-state index contributed by atoms with van der Waals surface area (Å²) < 4.78 is 5.44. The number of hydrogen-bond acceptors (Lipinski definition) is 5. The molecule has 0 unspecified atom stereocenters. The second-order valence-electron chi connectivity index (χ2n) is 5.40. The molecule has 0 bridgehead atoms. The number of ether oxygens (including phenoxy) is 1. The highest BCUT2D eigenvalue weighted by Crippen LogP contribution is 2.23. The summed E-state index contributed by atoms with van der Waals surface area (Å²) >= 11 is 0. The fourth-order valence-corrected chi connectivity index (χ4v) is 2.00. The predicted molar refractivity (Wildman–Crippen MR) is 92.3 cm³/mol. The van der Waals surface area contributed by atoms with E-state index in [-0.39, 0.29) is 18.8 Å². The van der Waals surface area contributed by atoms with E-state index in [4.69, 9.17) is 9.84 Å². The highest BCUT2D eigenvalue weighted by molar-refractivity contribution is 6.10. The highest BCUT2D eigenvalue weighted by Gasteiger charge is 2.14. The highest BCUT2D eigenvalue weighted by atomic mass is 16.5. The molecule has 0 fully saturated rings. The second kappa shape index (κ2) is 8.58. The molecule has 7 nitrogen and oxygen atoms in total. The average Bonchev–Trinajstić information content (AvgIpc) is 2.60. The Morgan fingerprint density at radius 1 is 1.08 bits per heavy atom. The van der Waals surface area contributed by atoms with Crippen LogP contribution < -0.4 is 4.74 Å². The Balaban J connectivity index is 2.16. The summed E-state index contributed by atoms with van der Waals surface area (Å²) in [6.07, 6.45) is -0.131. The number of carboxylic acid groups (broad SMARTS) is 1. The summed E-state index contributed by atoms with van der Waals surface area (Å²) in [6, 6.07) is 13.5. The van der Waals surface area contributed by atoms with Crippen molar-refractivity contribution in [3.8, 4) is 5.75 Å². The van der Waals surface area contributed by atoms with Crippen molar-refractivity contribution in [3.05, 3.63) is 59.7 Å². The summed E-state index contributed by atoms with van der Waals surface area (Å²) in [5.41, 5.74) is 1.50. The van der Waals surface area contributed by atoms with Crippen LogP contribution in [-0.2, 0) is 4.79 Å². The largest absolute Gasteiger partial charge is 0.492 e. The third kappa shape index (κ3) is 5.42. The Hall–Kier alpha value is -3.22. The molecule has 0 saturated heterocycles. The maximum Gasteiger partial charge on any atom is 0.306 e. The van der Waals surface area contributed by atoms with Crippen molar-refractivity contribution >= 4 is 17.4 Å². The van der Waals surface area contributed by atoms with Gasteiger partial charge in [0.25, 0.3) is 0 Å². The number of aliphatic carboxylic acids is 1. The van der Waals surface area contributed by atoms with E-state index in [2.05, 4.69) is 10.3 Å². The molecule has 0 radical (unpaired) electrons. The first-order valence-electron chi connectivity index (χ1n) is 7.64. The van der Waals surface area contributed by atoms with E-state index in [9.17, 15) is 9.59 Å². The van der Waals surface area contributed by atoms with E-state index >= 15 is 0 Å². The predicted octanol–water partition coefficient (Wildman–Crippen LogP) is 3.33. The molecule has 2 aromatic rings. The number of carbonyl (C=O) groups excluding carboxylic acids is 1. The van der Waals surface area contributed by atoms with Crippen molar-refractivity contribution in [1.82, 2.24) is 5.01 Å². The molecular formula is C18H19N3O4. The van der Waals surface area contributed by atoms with Crippen molar-refractivity contribution in [1.29, 1.82) is 0 Å². The van der Waals surface area contributed by atoms with Crippen LogP contribution in [-0.4, -0.2) is 42.6 Å². The lowest BCUT2D eigenvalue weighted by Crippen LogP contribution is -2.09. The molecule has 1 N–H and O–H groups in total. The van der Waals surface area contributed by atoms with E-state index in [1.807, 2.05) is 0 Å². The van der Waals surface area contributed by atoms with Gasteiger partial charge in [-0.1, -0.05) is 17.4 Å². The monoisotopic (exact) mass is 341 g/mol. The molecule has 7 heteroatoms. The van der Waals surface area contributed by atoms with Crippen LogP contribution in [0.4, 0.5) is 5.69 Å². The fourth-order valence-electron chi connectivity index (χ4n) is 2.00. The number of hydrogen-bond donors (Lipinski definition) is 1. The number of rotatable bonds is 8. The van der Waals surface area contributed by atoms with Gasteiger partial charge >= 0.3 is 5.97 Å². The molecule has 2 aromatic carbocycles. The number of carbonyl (C=O) groups is 2. The maximum absolute atomic E-state index is 12.7. The number of nitrogens with zero attached hydrogens (tertiary/aromatic N) is 3. The summed E-state index contributed by atoms with van der Waals surface area (Å²) in [4.78, 5) is 23.3. The van der Waals surface area contributed by atoms with Crippen LogP contribution in [0.15, 0.2) is 58.9 Å². The number of carboxylic acids is 1. The van der Waals surface area contributed by atoms with Gasteiger partial charge in [0.1, 0.15) is 5.75 Å². The Morgan fingerprint density at radius 2 is 1.76 bits per heavy atom. The molecule has 2 rings (SSSR count). The summed E-state index contributed by atoms with van der Waals surface area (Å²) in [5.74, 6) is -0.793. The molecule has 0 amide bonds. The van der Waals surface area contributed by atoms with E-state index in [1.165, 1.54) is 0 Å². The van der Waals surface area contributed by atoms with E-state index in [1.54, 1.807) is 67.6 Å². The lowest BCUT2D eigenvalue weighted by molar-refractivity contribution is -0.137.